The molecule has 0 aliphatic rings. The summed E-state index contributed by atoms with van der Waals surface area (Å²) >= 11 is 5.74. The van der Waals surface area contributed by atoms with E-state index in [2.05, 4.69) is 15.3 Å². The maximum atomic E-state index is 11.1. The van der Waals surface area contributed by atoms with E-state index < -0.39 is 4.92 Å². The molecule has 0 aliphatic heterocycles. The Kier molecular flexibility index (Phi) is 4.66. The normalized spacial score (nSPS) is 10.4. The largest absolute Gasteiger partial charge is 0.392 e. The fourth-order valence-electron chi connectivity index (χ4n) is 1.82. The number of anilines is 1. The number of hydrogen-bond donors (Lipinski definition) is 2. The van der Waals surface area contributed by atoms with Crippen molar-refractivity contribution in [2.75, 3.05) is 5.32 Å². The van der Waals surface area contributed by atoms with Crippen molar-refractivity contribution in [1.29, 1.82) is 0 Å². The van der Waals surface area contributed by atoms with Crippen LogP contribution in [0.1, 0.15) is 16.8 Å². The molecule has 0 atom stereocenters. The van der Waals surface area contributed by atoms with Gasteiger partial charge in [-0.15, -0.1) is 0 Å². The minimum atomic E-state index is -0.539. The highest BCUT2D eigenvalue weighted by Crippen LogP contribution is 2.26. The second-order valence-electron chi connectivity index (χ2n) is 4.36. The fourth-order valence-corrected chi connectivity index (χ4v) is 2.03. The van der Waals surface area contributed by atoms with E-state index in [1.807, 2.05) is 12.1 Å². The Morgan fingerprint density at radius 1 is 1.29 bits per heavy atom. The zero-order valence-electron chi connectivity index (χ0n) is 11.2. The van der Waals surface area contributed by atoms with Gasteiger partial charge in [0.05, 0.1) is 11.5 Å². The summed E-state index contributed by atoms with van der Waals surface area (Å²) in [6.07, 6.45) is 0. The molecule has 7 nitrogen and oxygen atoms in total. The number of aromatic nitrogens is 2. The van der Waals surface area contributed by atoms with E-state index in [0.717, 1.165) is 11.1 Å². The van der Waals surface area contributed by atoms with Crippen molar-refractivity contribution in [1.82, 2.24) is 9.97 Å². The van der Waals surface area contributed by atoms with Gasteiger partial charge in [0.1, 0.15) is 5.69 Å². The molecule has 0 amide bonds. The van der Waals surface area contributed by atoms with Gasteiger partial charge in [0.2, 0.25) is 11.1 Å². The van der Waals surface area contributed by atoms with E-state index in [9.17, 15) is 10.1 Å². The number of aliphatic hydroxyl groups is 1. The number of aryl methyl sites for hydroxylation is 1. The topological polar surface area (TPSA) is 101 Å². The van der Waals surface area contributed by atoms with Gasteiger partial charge in [-0.1, -0.05) is 24.3 Å². The van der Waals surface area contributed by atoms with Gasteiger partial charge in [0.25, 0.3) is 0 Å². The molecule has 0 unspecified atom stereocenters. The molecule has 0 saturated heterocycles. The summed E-state index contributed by atoms with van der Waals surface area (Å²) in [5.74, 6) is 0.0868. The summed E-state index contributed by atoms with van der Waals surface area (Å²) in [5.41, 5.74) is 1.71. The van der Waals surface area contributed by atoms with Crippen LogP contribution in [-0.4, -0.2) is 20.0 Å². The minimum Gasteiger partial charge on any atom is -0.392 e. The maximum absolute atomic E-state index is 11.1. The van der Waals surface area contributed by atoms with Gasteiger partial charge in [-0.25, -0.2) is 4.98 Å². The van der Waals surface area contributed by atoms with E-state index in [0.29, 0.717) is 6.54 Å². The maximum Gasteiger partial charge on any atom is 0.332 e. The lowest BCUT2D eigenvalue weighted by Crippen LogP contribution is -2.07. The number of nitro groups is 1. The highest BCUT2D eigenvalue weighted by atomic mass is 35.5. The predicted molar refractivity (Wildman–Crippen MR) is 78.1 cm³/mol. The van der Waals surface area contributed by atoms with Crippen molar-refractivity contribution >= 4 is 23.1 Å². The first-order valence-electron chi connectivity index (χ1n) is 6.12. The van der Waals surface area contributed by atoms with E-state index in [4.69, 9.17) is 16.7 Å². The molecule has 0 fully saturated rings. The van der Waals surface area contributed by atoms with Gasteiger partial charge in [-0.3, -0.25) is 10.1 Å². The Labute approximate surface area is 125 Å². The van der Waals surface area contributed by atoms with Crippen LogP contribution in [0, 0.1) is 17.0 Å². The highest BCUT2D eigenvalue weighted by molar-refractivity contribution is 6.28. The molecule has 0 spiro atoms. The van der Waals surface area contributed by atoms with Crippen LogP contribution in [0.4, 0.5) is 11.5 Å². The van der Waals surface area contributed by atoms with Gasteiger partial charge >= 0.3 is 5.69 Å². The van der Waals surface area contributed by atoms with Gasteiger partial charge in [0, 0.05) is 6.54 Å². The Balaban J connectivity index is 2.20. The average Bonchev–Trinajstić information content (AvgIpc) is 2.44. The predicted octanol–water partition coefficient (Wildman–Crippen LogP) is 2.45. The number of halogens is 1. The van der Waals surface area contributed by atoms with Crippen molar-refractivity contribution in [3.05, 3.63) is 56.5 Å². The third-order valence-corrected chi connectivity index (χ3v) is 3.05. The van der Waals surface area contributed by atoms with Gasteiger partial charge < -0.3 is 10.4 Å². The first kappa shape index (κ1) is 15.1. The molecular weight excluding hydrogens is 296 g/mol. The first-order chi connectivity index (χ1) is 10.0. The Morgan fingerprint density at radius 3 is 2.48 bits per heavy atom. The zero-order valence-corrected chi connectivity index (χ0v) is 12.0. The molecule has 1 aromatic carbocycles. The molecule has 0 radical (unpaired) electrons. The monoisotopic (exact) mass is 308 g/mol. The molecular formula is C13H13ClN4O3. The van der Waals surface area contributed by atoms with Crippen LogP contribution in [0.5, 0.6) is 0 Å². The number of hydrogen-bond acceptors (Lipinski definition) is 6. The number of aliphatic hydroxyl groups excluding tert-OH is 1. The van der Waals surface area contributed by atoms with Gasteiger partial charge in [0.15, 0.2) is 0 Å². The lowest BCUT2D eigenvalue weighted by Gasteiger charge is -2.08. The summed E-state index contributed by atoms with van der Waals surface area (Å²) in [6.45, 7) is 1.83. The molecule has 0 saturated carbocycles. The van der Waals surface area contributed by atoms with Crippen LogP contribution in [0.2, 0.25) is 5.28 Å². The fraction of sp³-hybridized carbons (Fsp3) is 0.231. The van der Waals surface area contributed by atoms with Crippen molar-refractivity contribution in [3.8, 4) is 0 Å². The average molecular weight is 309 g/mol. The van der Waals surface area contributed by atoms with Crippen molar-refractivity contribution in [3.63, 3.8) is 0 Å². The van der Waals surface area contributed by atoms with Crippen LogP contribution in [-0.2, 0) is 13.2 Å². The van der Waals surface area contributed by atoms with E-state index in [-0.39, 0.29) is 29.1 Å². The molecule has 110 valence electrons. The van der Waals surface area contributed by atoms with E-state index in [1.54, 1.807) is 12.1 Å². The quantitative estimate of drug-likeness (QED) is 0.500. The van der Waals surface area contributed by atoms with Crippen LogP contribution in [0.15, 0.2) is 24.3 Å². The zero-order chi connectivity index (χ0) is 15.4. The lowest BCUT2D eigenvalue weighted by atomic mass is 10.1. The summed E-state index contributed by atoms with van der Waals surface area (Å²) in [6, 6.07) is 7.20. The second-order valence-corrected chi connectivity index (χ2v) is 4.70. The molecule has 21 heavy (non-hydrogen) atoms. The minimum absolute atomic E-state index is 0.0279. The third-order valence-electron chi connectivity index (χ3n) is 2.88. The number of benzene rings is 1. The first-order valence-corrected chi connectivity index (χ1v) is 6.50. The summed E-state index contributed by atoms with van der Waals surface area (Å²) in [7, 11) is 0. The molecule has 2 N–H and O–H groups in total. The molecule has 1 heterocycles. The third kappa shape index (κ3) is 3.65. The van der Waals surface area contributed by atoms with Crippen molar-refractivity contribution in [2.45, 2.75) is 20.1 Å². The molecule has 2 aromatic rings. The molecule has 2 rings (SSSR count). The van der Waals surface area contributed by atoms with Gasteiger partial charge in [-0.2, -0.15) is 4.98 Å². The standard InChI is InChI=1S/C13H13ClN4O3/c1-8-11(18(20)21)12(17-13(14)16-8)15-6-9-2-4-10(7-19)5-3-9/h2-5,19H,6-7H2,1H3,(H,15,16,17). The summed E-state index contributed by atoms with van der Waals surface area (Å²) in [5, 5.41) is 22.9. The van der Waals surface area contributed by atoms with Crippen LogP contribution < -0.4 is 5.32 Å². The Hall–Kier alpha value is -2.25. The number of rotatable bonds is 5. The van der Waals surface area contributed by atoms with E-state index >= 15 is 0 Å². The number of nitrogens with one attached hydrogen (secondary N) is 1. The van der Waals surface area contributed by atoms with Gasteiger partial charge in [-0.05, 0) is 29.7 Å². The van der Waals surface area contributed by atoms with Crippen molar-refractivity contribution < 1.29 is 10.0 Å². The van der Waals surface area contributed by atoms with Crippen molar-refractivity contribution in [2.24, 2.45) is 0 Å². The lowest BCUT2D eigenvalue weighted by molar-refractivity contribution is -0.385. The highest BCUT2D eigenvalue weighted by Gasteiger charge is 2.21. The SMILES string of the molecule is Cc1nc(Cl)nc(NCc2ccc(CO)cc2)c1[N+](=O)[O-]. The summed E-state index contributed by atoms with van der Waals surface area (Å²) < 4.78 is 0. The van der Waals surface area contributed by atoms with Crippen LogP contribution in [0.3, 0.4) is 0 Å². The molecule has 1 aromatic heterocycles. The van der Waals surface area contributed by atoms with E-state index in [1.165, 1.54) is 6.92 Å². The number of nitrogens with zero attached hydrogens (tertiary/aromatic N) is 3. The molecule has 0 aliphatic carbocycles. The van der Waals surface area contributed by atoms with Crippen LogP contribution >= 0.6 is 11.6 Å². The summed E-state index contributed by atoms with van der Waals surface area (Å²) in [4.78, 5) is 18.2. The Bertz CT molecular complexity index is 661. The second kappa shape index (κ2) is 6.47. The van der Waals surface area contributed by atoms with Crippen LogP contribution in [0.25, 0.3) is 0 Å². The Morgan fingerprint density at radius 2 is 1.90 bits per heavy atom. The smallest absolute Gasteiger partial charge is 0.332 e. The molecule has 0 bridgehead atoms. The molecule has 8 heteroatoms.